The van der Waals surface area contributed by atoms with Crippen LogP contribution >= 0.6 is 0 Å². The Labute approximate surface area is 115 Å². The van der Waals surface area contributed by atoms with Gasteiger partial charge in [-0.3, -0.25) is 0 Å². The summed E-state index contributed by atoms with van der Waals surface area (Å²) in [7, 11) is 0. The van der Waals surface area contributed by atoms with Crippen LogP contribution in [0.25, 0.3) is 11.1 Å². The van der Waals surface area contributed by atoms with Crippen LogP contribution in [0.4, 0.5) is 0 Å². The molecule has 0 bridgehead atoms. The Bertz CT molecular complexity index is 720. The van der Waals surface area contributed by atoms with Crippen LogP contribution in [0, 0.1) is 22.7 Å². The lowest BCUT2D eigenvalue weighted by molar-refractivity contribution is -0.0929. The van der Waals surface area contributed by atoms with Crippen LogP contribution in [0.1, 0.15) is 11.1 Å². The van der Waals surface area contributed by atoms with E-state index in [2.05, 4.69) is 0 Å². The molecule has 0 fully saturated rings. The average Bonchev–Trinajstić information content (AvgIpc) is 2.52. The van der Waals surface area contributed by atoms with E-state index in [4.69, 9.17) is 0 Å². The lowest BCUT2D eigenvalue weighted by Crippen LogP contribution is -2.50. The number of benzene rings is 2. The van der Waals surface area contributed by atoms with Crippen molar-refractivity contribution in [3.05, 3.63) is 59.7 Å². The van der Waals surface area contributed by atoms with Gasteiger partial charge in [0.05, 0.1) is 0 Å². The van der Waals surface area contributed by atoms with E-state index in [1.807, 2.05) is 0 Å². The summed E-state index contributed by atoms with van der Waals surface area (Å²) in [5.74, 6) is 0. The normalized spacial score (nSPS) is 26.8. The van der Waals surface area contributed by atoms with Gasteiger partial charge in [0.25, 0.3) is 0 Å². The van der Waals surface area contributed by atoms with E-state index in [1.54, 1.807) is 60.7 Å². The third-order valence-electron chi connectivity index (χ3n) is 3.77. The van der Waals surface area contributed by atoms with E-state index in [0.29, 0.717) is 11.1 Å². The van der Waals surface area contributed by atoms with Gasteiger partial charge in [0.1, 0.15) is 12.1 Å². The molecule has 2 unspecified atom stereocenters. The van der Waals surface area contributed by atoms with Crippen LogP contribution in [0.2, 0.25) is 0 Å². The second kappa shape index (κ2) is 3.91. The maximum Gasteiger partial charge on any atom is 0.224 e. The zero-order valence-corrected chi connectivity index (χ0v) is 10.4. The summed E-state index contributed by atoms with van der Waals surface area (Å²) in [5.41, 5.74) is -2.82. The van der Waals surface area contributed by atoms with E-state index in [-0.39, 0.29) is 11.1 Å². The maximum atomic E-state index is 10.7. The molecule has 2 aromatic rings. The summed E-state index contributed by atoms with van der Waals surface area (Å²) in [6, 6.07) is 16.9. The summed E-state index contributed by atoms with van der Waals surface area (Å²) in [6.45, 7) is 0. The third kappa shape index (κ3) is 1.24. The van der Waals surface area contributed by atoms with E-state index in [1.165, 1.54) is 0 Å². The smallest absolute Gasteiger partial charge is 0.224 e. The van der Waals surface area contributed by atoms with Gasteiger partial charge in [-0.15, -0.1) is 0 Å². The van der Waals surface area contributed by atoms with Crippen LogP contribution in [-0.4, -0.2) is 10.2 Å². The first-order chi connectivity index (χ1) is 9.58. The van der Waals surface area contributed by atoms with E-state index < -0.39 is 11.2 Å². The highest BCUT2D eigenvalue weighted by atomic mass is 16.4. The van der Waals surface area contributed by atoms with Crippen molar-refractivity contribution in [3.8, 4) is 23.3 Å². The second-order valence-corrected chi connectivity index (χ2v) is 4.74. The van der Waals surface area contributed by atoms with Gasteiger partial charge in [-0.1, -0.05) is 48.5 Å². The van der Waals surface area contributed by atoms with Crippen LogP contribution in [0.15, 0.2) is 48.5 Å². The first-order valence-corrected chi connectivity index (χ1v) is 6.05. The SMILES string of the molecule is N#CC1(O)c2ccccc2-c2ccccc2C1(O)C#N. The zero-order chi connectivity index (χ0) is 14.4. The van der Waals surface area contributed by atoms with Crippen molar-refractivity contribution >= 4 is 0 Å². The van der Waals surface area contributed by atoms with E-state index in [9.17, 15) is 20.7 Å². The maximum absolute atomic E-state index is 10.7. The standard InChI is InChI=1S/C16H10N2O2/c17-9-15(19)13-7-3-1-5-11(13)12-6-2-4-8-14(12)16(15,20)10-18/h1-8,19-20H. The van der Waals surface area contributed by atoms with Crippen molar-refractivity contribution < 1.29 is 10.2 Å². The molecule has 20 heavy (non-hydrogen) atoms. The van der Waals surface area contributed by atoms with Gasteiger partial charge in [-0.2, -0.15) is 10.5 Å². The van der Waals surface area contributed by atoms with Crippen LogP contribution in [0.3, 0.4) is 0 Å². The van der Waals surface area contributed by atoms with Crippen molar-refractivity contribution in [2.75, 3.05) is 0 Å². The summed E-state index contributed by atoms with van der Waals surface area (Å²) >= 11 is 0. The number of rotatable bonds is 0. The summed E-state index contributed by atoms with van der Waals surface area (Å²) < 4.78 is 0. The minimum atomic E-state index is -2.30. The van der Waals surface area contributed by atoms with Crippen molar-refractivity contribution in [1.29, 1.82) is 10.5 Å². The number of hydrogen-bond donors (Lipinski definition) is 2. The molecule has 0 radical (unpaired) electrons. The van der Waals surface area contributed by atoms with E-state index >= 15 is 0 Å². The van der Waals surface area contributed by atoms with Crippen LogP contribution in [-0.2, 0) is 11.2 Å². The first kappa shape index (κ1) is 12.4. The van der Waals surface area contributed by atoms with Gasteiger partial charge in [0.15, 0.2) is 0 Å². The van der Waals surface area contributed by atoms with Crippen LogP contribution in [0.5, 0.6) is 0 Å². The molecule has 0 heterocycles. The highest BCUT2D eigenvalue weighted by Crippen LogP contribution is 2.50. The summed E-state index contributed by atoms with van der Waals surface area (Å²) in [6.07, 6.45) is 0. The fraction of sp³-hybridized carbons (Fsp3) is 0.125. The largest absolute Gasteiger partial charge is 0.368 e. The van der Waals surface area contributed by atoms with Gasteiger partial charge in [0, 0.05) is 11.1 Å². The predicted octanol–water partition coefficient (Wildman–Crippen LogP) is 1.79. The highest BCUT2D eigenvalue weighted by molar-refractivity contribution is 5.78. The predicted molar refractivity (Wildman–Crippen MR) is 70.9 cm³/mol. The fourth-order valence-electron chi connectivity index (χ4n) is 2.74. The summed E-state index contributed by atoms with van der Waals surface area (Å²) in [4.78, 5) is 0. The molecule has 2 aromatic carbocycles. The van der Waals surface area contributed by atoms with Gasteiger partial charge >= 0.3 is 0 Å². The minimum Gasteiger partial charge on any atom is -0.368 e. The molecule has 96 valence electrons. The quantitative estimate of drug-likeness (QED) is 0.708. The summed E-state index contributed by atoms with van der Waals surface area (Å²) in [5, 5.41) is 40.1. The van der Waals surface area contributed by atoms with Gasteiger partial charge in [-0.05, 0) is 11.1 Å². The monoisotopic (exact) mass is 262 g/mol. The Morgan fingerprint density at radius 2 is 1.05 bits per heavy atom. The number of aliphatic hydroxyl groups is 2. The average molecular weight is 262 g/mol. The number of fused-ring (bicyclic) bond motifs is 3. The molecule has 4 heteroatoms. The fourth-order valence-corrected chi connectivity index (χ4v) is 2.74. The molecule has 0 aliphatic heterocycles. The molecule has 0 aromatic heterocycles. The lowest BCUT2D eigenvalue weighted by Gasteiger charge is -2.40. The Kier molecular flexibility index (Phi) is 2.42. The molecule has 0 saturated heterocycles. The molecule has 2 N–H and O–H groups in total. The molecular weight excluding hydrogens is 252 g/mol. The van der Waals surface area contributed by atoms with Gasteiger partial charge in [0.2, 0.25) is 11.2 Å². The van der Waals surface area contributed by atoms with Crippen molar-refractivity contribution in [1.82, 2.24) is 0 Å². The first-order valence-electron chi connectivity index (χ1n) is 6.05. The van der Waals surface area contributed by atoms with E-state index in [0.717, 1.165) is 0 Å². The van der Waals surface area contributed by atoms with Crippen molar-refractivity contribution in [2.45, 2.75) is 11.2 Å². The van der Waals surface area contributed by atoms with Crippen molar-refractivity contribution in [3.63, 3.8) is 0 Å². The van der Waals surface area contributed by atoms with Gasteiger partial charge in [-0.25, -0.2) is 0 Å². The Morgan fingerprint density at radius 1 is 0.700 bits per heavy atom. The molecule has 3 rings (SSSR count). The van der Waals surface area contributed by atoms with Gasteiger partial charge < -0.3 is 10.2 Å². The molecule has 0 spiro atoms. The number of nitrogens with zero attached hydrogens (tertiary/aromatic N) is 2. The zero-order valence-electron chi connectivity index (χ0n) is 10.4. The Hall–Kier alpha value is -2.66. The Balaban J connectivity index is 2.51. The molecule has 2 atom stereocenters. The molecule has 0 amide bonds. The number of nitriles is 2. The second-order valence-electron chi connectivity index (χ2n) is 4.74. The highest BCUT2D eigenvalue weighted by Gasteiger charge is 2.57. The lowest BCUT2D eigenvalue weighted by atomic mass is 9.66. The molecule has 1 aliphatic rings. The molecule has 1 aliphatic carbocycles. The molecule has 4 nitrogen and oxygen atoms in total. The van der Waals surface area contributed by atoms with Crippen molar-refractivity contribution in [2.24, 2.45) is 0 Å². The molecular formula is C16H10N2O2. The van der Waals surface area contributed by atoms with Crippen LogP contribution < -0.4 is 0 Å². The Morgan fingerprint density at radius 3 is 1.40 bits per heavy atom. The number of hydrogen-bond acceptors (Lipinski definition) is 4. The topological polar surface area (TPSA) is 88.0 Å². The molecule has 0 saturated carbocycles. The minimum absolute atomic E-state index is 0.241. The third-order valence-corrected chi connectivity index (χ3v) is 3.77.